The molecule has 0 bridgehead atoms. The van der Waals surface area contributed by atoms with Crippen molar-refractivity contribution in [2.75, 3.05) is 13.2 Å². The van der Waals surface area contributed by atoms with Crippen LogP contribution in [0.15, 0.2) is 66.1 Å². The molecular weight excluding hydrogens is 352 g/mol. The molecule has 0 saturated carbocycles. The minimum absolute atomic E-state index is 0.0767. The average molecular weight is 376 g/mol. The Labute approximate surface area is 154 Å². The number of allylic oxidation sites excluding steroid dienone is 1. The van der Waals surface area contributed by atoms with Gasteiger partial charge in [-0.05, 0) is 35.7 Å². The topological polar surface area (TPSA) is 102 Å². The Morgan fingerprint density at radius 3 is 2.54 bits per heavy atom. The van der Waals surface area contributed by atoms with Gasteiger partial charge in [0.25, 0.3) is 0 Å². The van der Waals surface area contributed by atoms with E-state index in [0.717, 1.165) is 16.9 Å². The molecule has 2 aromatic rings. The van der Waals surface area contributed by atoms with Crippen LogP contribution in [0.4, 0.5) is 0 Å². The monoisotopic (exact) mass is 376 g/mol. The average Bonchev–Trinajstić information content (AvgIpc) is 2.61. The Kier molecular flexibility index (Phi) is 7.35. The van der Waals surface area contributed by atoms with Gasteiger partial charge in [-0.3, -0.25) is 0 Å². The van der Waals surface area contributed by atoms with E-state index in [4.69, 9.17) is 9.88 Å². The molecule has 0 aliphatic carbocycles. The smallest absolute Gasteiger partial charge is 0.238 e. The SMILES string of the molecule is C=CCc1ccccc1OCC(O)CNCc1ccc(S(N)(=O)=O)cc1. The first-order chi connectivity index (χ1) is 12.4. The van der Waals surface area contributed by atoms with Gasteiger partial charge in [0.15, 0.2) is 0 Å². The first-order valence-electron chi connectivity index (χ1n) is 8.22. The van der Waals surface area contributed by atoms with E-state index in [1.165, 1.54) is 12.1 Å². The van der Waals surface area contributed by atoms with Crippen LogP contribution in [0.1, 0.15) is 11.1 Å². The second-order valence-electron chi connectivity index (χ2n) is 5.89. The van der Waals surface area contributed by atoms with Crippen LogP contribution in [-0.4, -0.2) is 32.8 Å². The van der Waals surface area contributed by atoms with Crippen molar-refractivity contribution in [2.45, 2.75) is 24.0 Å². The van der Waals surface area contributed by atoms with Crippen molar-refractivity contribution < 1.29 is 18.3 Å². The van der Waals surface area contributed by atoms with Crippen molar-refractivity contribution >= 4 is 10.0 Å². The maximum atomic E-state index is 11.2. The summed E-state index contributed by atoms with van der Waals surface area (Å²) >= 11 is 0. The third kappa shape index (κ3) is 6.27. The van der Waals surface area contributed by atoms with Gasteiger partial charge in [-0.2, -0.15) is 0 Å². The van der Waals surface area contributed by atoms with E-state index < -0.39 is 16.1 Å². The van der Waals surface area contributed by atoms with Crippen LogP contribution in [0, 0.1) is 0 Å². The highest BCUT2D eigenvalue weighted by molar-refractivity contribution is 7.89. The molecule has 0 saturated heterocycles. The molecule has 0 fully saturated rings. The number of hydrogen-bond donors (Lipinski definition) is 3. The number of nitrogens with two attached hydrogens (primary N) is 1. The molecule has 7 heteroatoms. The molecule has 140 valence electrons. The second-order valence-corrected chi connectivity index (χ2v) is 7.45. The van der Waals surface area contributed by atoms with Crippen LogP contribution in [0.3, 0.4) is 0 Å². The van der Waals surface area contributed by atoms with Crippen LogP contribution in [0.25, 0.3) is 0 Å². The van der Waals surface area contributed by atoms with Crippen molar-refractivity contribution in [1.29, 1.82) is 0 Å². The first kappa shape index (κ1) is 20.1. The second kappa shape index (κ2) is 9.49. The largest absolute Gasteiger partial charge is 0.491 e. The van der Waals surface area contributed by atoms with Gasteiger partial charge in [-0.1, -0.05) is 36.4 Å². The van der Waals surface area contributed by atoms with Crippen molar-refractivity contribution in [2.24, 2.45) is 5.14 Å². The van der Waals surface area contributed by atoms with Gasteiger partial charge >= 0.3 is 0 Å². The van der Waals surface area contributed by atoms with Crippen LogP contribution < -0.4 is 15.2 Å². The lowest BCUT2D eigenvalue weighted by atomic mass is 10.1. The van der Waals surface area contributed by atoms with E-state index in [1.54, 1.807) is 18.2 Å². The van der Waals surface area contributed by atoms with Crippen LogP contribution in [-0.2, 0) is 23.0 Å². The Morgan fingerprint density at radius 2 is 1.88 bits per heavy atom. The number of para-hydroxylation sites is 1. The number of aliphatic hydroxyl groups is 1. The first-order valence-corrected chi connectivity index (χ1v) is 9.77. The van der Waals surface area contributed by atoms with Gasteiger partial charge in [-0.15, -0.1) is 6.58 Å². The predicted molar refractivity (Wildman–Crippen MR) is 101 cm³/mol. The number of rotatable bonds is 10. The Balaban J connectivity index is 1.77. The standard InChI is InChI=1S/C19H24N2O4S/c1-2-5-16-6-3-4-7-19(16)25-14-17(22)13-21-12-15-8-10-18(11-9-15)26(20,23)24/h2-4,6-11,17,21-22H,1,5,12-14H2,(H2,20,23,24). The molecule has 0 aliphatic rings. The maximum Gasteiger partial charge on any atom is 0.238 e. The lowest BCUT2D eigenvalue weighted by Gasteiger charge is -2.15. The van der Waals surface area contributed by atoms with Gasteiger partial charge in [0.05, 0.1) is 4.90 Å². The van der Waals surface area contributed by atoms with Gasteiger partial charge in [0.2, 0.25) is 10.0 Å². The summed E-state index contributed by atoms with van der Waals surface area (Å²) in [5, 5.41) is 18.2. The third-order valence-corrected chi connectivity index (χ3v) is 4.66. The number of hydrogen-bond acceptors (Lipinski definition) is 5. The Morgan fingerprint density at radius 1 is 1.19 bits per heavy atom. The van der Waals surface area contributed by atoms with Crippen molar-refractivity contribution in [3.05, 3.63) is 72.3 Å². The van der Waals surface area contributed by atoms with Crippen molar-refractivity contribution in [3.63, 3.8) is 0 Å². The van der Waals surface area contributed by atoms with Gasteiger partial charge in [0, 0.05) is 13.1 Å². The summed E-state index contributed by atoms with van der Waals surface area (Å²) in [6, 6.07) is 13.9. The molecule has 0 amide bonds. The molecule has 2 rings (SSSR count). The minimum atomic E-state index is -3.68. The zero-order valence-corrected chi connectivity index (χ0v) is 15.3. The fourth-order valence-electron chi connectivity index (χ4n) is 2.39. The Hall–Kier alpha value is -2.19. The van der Waals surface area contributed by atoms with Crippen molar-refractivity contribution in [1.82, 2.24) is 5.32 Å². The predicted octanol–water partition coefficient (Wildman–Crippen LogP) is 1.59. The molecule has 4 N–H and O–H groups in total. The molecule has 6 nitrogen and oxygen atoms in total. The molecule has 0 aromatic heterocycles. The molecule has 0 radical (unpaired) electrons. The van der Waals surface area contributed by atoms with Gasteiger partial charge in [-0.25, -0.2) is 13.6 Å². The van der Waals surface area contributed by atoms with Crippen LogP contribution in [0.5, 0.6) is 5.75 Å². The van der Waals surface area contributed by atoms with Gasteiger partial charge < -0.3 is 15.2 Å². The minimum Gasteiger partial charge on any atom is -0.491 e. The lowest BCUT2D eigenvalue weighted by molar-refractivity contribution is 0.106. The summed E-state index contributed by atoms with van der Waals surface area (Å²) < 4.78 is 28.1. The number of nitrogens with one attached hydrogen (secondary N) is 1. The van der Waals surface area contributed by atoms with Crippen LogP contribution >= 0.6 is 0 Å². The Bertz CT molecular complexity index is 820. The zero-order valence-electron chi connectivity index (χ0n) is 14.5. The summed E-state index contributed by atoms with van der Waals surface area (Å²) in [7, 11) is -3.68. The highest BCUT2D eigenvalue weighted by Gasteiger charge is 2.09. The molecular formula is C19H24N2O4S. The van der Waals surface area contributed by atoms with E-state index in [1.807, 2.05) is 24.3 Å². The molecule has 2 aromatic carbocycles. The summed E-state index contributed by atoms with van der Waals surface area (Å²) in [5.74, 6) is 0.741. The van der Waals surface area contributed by atoms with Crippen LogP contribution in [0.2, 0.25) is 0 Å². The molecule has 1 atom stereocenters. The molecule has 26 heavy (non-hydrogen) atoms. The van der Waals surface area contributed by atoms with E-state index >= 15 is 0 Å². The third-order valence-electron chi connectivity index (χ3n) is 3.73. The fourth-order valence-corrected chi connectivity index (χ4v) is 2.91. The molecule has 0 spiro atoms. The lowest BCUT2D eigenvalue weighted by Crippen LogP contribution is -2.31. The van der Waals surface area contributed by atoms with E-state index in [2.05, 4.69) is 11.9 Å². The normalized spacial score (nSPS) is 12.5. The fraction of sp³-hybridized carbons (Fsp3) is 0.263. The molecule has 0 heterocycles. The summed E-state index contributed by atoms with van der Waals surface area (Å²) in [6.07, 6.45) is 1.84. The maximum absolute atomic E-state index is 11.2. The number of sulfonamides is 1. The number of primary sulfonamides is 1. The molecule has 1 unspecified atom stereocenters. The van der Waals surface area contributed by atoms with E-state index in [-0.39, 0.29) is 11.5 Å². The number of benzene rings is 2. The zero-order chi connectivity index (χ0) is 19.0. The van der Waals surface area contributed by atoms with E-state index in [9.17, 15) is 13.5 Å². The summed E-state index contributed by atoms with van der Waals surface area (Å²) in [5.41, 5.74) is 1.92. The molecule has 0 aliphatic heterocycles. The summed E-state index contributed by atoms with van der Waals surface area (Å²) in [6.45, 7) is 4.74. The quantitative estimate of drug-likeness (QED) is 0.547. The number of aliphatic hydroxyl groups excluding tert-OH is 1. The van der Waals surface area contributed by atoms with Gasteiger partial charge in [0.1, 0.15) is 18.5 Å². The highest BCUT2D eigenvalue weighted by atomic mass is 32.2. The van der Waals surface area contributed by atoms with Crippen molar-refractivity contribution in [3.8, 4) is 5.75 Å². The number of ether oxygens (including phenoxy) is 1. The summed E-state index contributed by atoms with van der Waals surface area (Å²) in [4.78, 5) is 0.0767. The van der Waals surface area contributed by atoms with E-state index in [0.29, 0.717) is 19.5 Å². The highest BCUT2D eigenvalue weighted by Crippen LogP contribution is 2.18.